The standard InChI is InChI=1S/C25H27ClN4O3/c26-24-21(18-27-30(25(24)33)20-10-5-2-6-11-20)28-14-16-29(17-15-28)23(32)13-7-12-22(31)19-8-3-1-4-9-19/h1-6,8-11,18,22,31H,7,12-17H2. The van der Waals surface area contributed by atoms with Gasteiger partial charge in [0.2, 0.25) is 5.91 Å². The summed E-state index contributed by atoms with van der Waals surface area (Å²) >= 11 is 6.41. The first-order valence-electron chi connectivity index (χ1n) is 11.1. The van der Waals surface area contributed by atoms with Gasteiger partial charge in [-0.1, -0.05) is 60.1 Å². The fourth-order valence-corrected chi connectivity index (χ4v) is 4.29. The molecule has 0 aliphatic carbocycles. The zero-order valence-electron chi connectivity index (χ0n) is 18.3. The lowest BCUT2D eigenvalue weighted by Gasteiger charge is -2.36. The molecule has 2 heterocycles. The van der Waals surface area contributed by atoms with Gasteiger partial charge in [0.1, 0.15) is 5.02 Å². The fraction of sp³-hybridized carbons (Fsp3) is 0.320. The molecule has 8 heteroatoms. The molecule has 1 atom stereocenters. The first-order valence-corrected chi connectivity index (χ1v) is 11.5. The number of amides is 1. The minimum atomic E-state index is -0.552. The largest absolute Gasteiger partial charge is 0.388 e. The Bertz CT molecular complexity index is 1130. The van der Waals surface area contributed by atoms with Crippen molar-refractivity contribution in [1.29, 1.82) is 0 Å². The van der Waals surface area contributed by atoms with Gasteiger partial charge in [0.15, 0.2) is 0 Å². The predicted molar refractivity (Wildman–Crippen MR) is 129 cm³/mol. The van der Waals surface area contributed by atoms with Gasteiger partial charge < -0.3 is 14.9 Å². The average Bonchev–Trinajstić information content (AvgIpc) is 2.86. The molecule has 1 unspecified atom stereocenters. The fourth-order valence-electron chi connectivity index (χ4n) is 4.04. The number of anilines is 1. The van der Waals surface area contributed by atoms with Crippen molar-refractivity contribution < 1.29 is 9.90 Å². The van der Waals surface area contributed by atoms with Crippen LogP contribution in [0.25, 0.3) is 5.69 Å². The van der Waals surface area contributed by atoms with E-state index in [0.29, 0.717) is 56.8 Å². The van der Waals surface area contributed by atoms with Crippen LogP contribution < -0.4 is 10.5 Å². The van der Waals surface area contributed by atoms with E-state index in [1.54, 1.807) is 18.3 Å². The van der Waals surface area contributed by atoms with E-state index >= 15 is 0 Å². The number of rotatable bonds is 7. The number of benzene rings is 2. The Morgan fingerprint density at radius 2 is 1.64 bits per heavy atom. The van der Waals surface area contributed by atoms with Crippen molar-refractivity contribution in [1.82, 2.24) is 14.7 Å². The SMILES string of the molecule is O=C(CCCC(O)c1ccccc1)N1CCN(c2cnn(-c3ccccc3)c(=O)c2Cl)CC1. The van der Waals surface area contributed by atoms with E-state index in [4.69, 9.17) is 11.6 Å². The molecule has 172 valence electrons. The van der Waals surface area contributed by atoms with Gasteiger partial charge in [-0.2, -0.15) is 9.78 Å². The normalized spacial score (nSPS) is 14.8. The molecule has 1 saturated heterocycles. The van der Waals surface area contributed by atoms with Crippen molar-refractivity contribution in [3.8, 4) is 5.69 Å². The Balaban J connectivity index is 1.30. The minimum absolute atomic E-state index is 0.0821. The highest BCUT2D eigenvalue weighted by molar-refractivity contribution is 6.33. The van der Waals surface area contributed by atoms with E-state index in [1.165, 1.54) is 4.68 Å². The third kappa shape index (κ3) is 5.43. The summed E-state index contributed by atoms with van der Waals surface area (Å²) in [7, 11) is 0. The summed E-state index contributed by atoms with van der Waals surface area (Å²) in [5, 5.41) is 14.7. The molecule has 0 saturated carbocycles. The summed E-state index contributed by atoms with van der Waals surface area (Å²) in [5.74, 6) is 0.0821. The summed E-state index contributed by atoms with van der Waals surface area (Å²) in [6, 6.07) is 18.6. The van der Waals surface area contributed by atoms with E-state index in [1.807, 2.05) is 58.3 Å². The average molecular weight is 467 g/mol. The molecule has 2 aromatic carbocycles. The summed E-state index contributed by atoms with van der Waals surface area (Å²) in [4.78, 5) is 29.2. The molecule has 1 aliphatic rings. The van der Waals surface area contributed by atoms with Gasteiger partial charge >= 0.3 is 0 Å². The van der Waals surface area contributed by atoms with Crippen molar-refractivity contribution in [3.05, 3.63) is 87.8 Å². The number of halogens is 1. The number of carbonyl (C=O) groups is 1. The number of hydrogen-bond donors (Lipinski definition) is 1. The third-order valence-corrected chi connectivity index (χ3v) is 6.28. The number of aromatic nitrogens is 2. The molecular weight excluding hydrogens is 440 g/mol. The molecule has 4 rings (SSSR count). The van der Waals surface area contributed by atoms with Gasteiger partial charge in [-0.3, -0.25) is 9.59 Å². The monoisotopic (exact) mass is 466 g/mol. The number of para-hydroxylation sites is 1. The number of piperazine rings is 1. The second kappa shape index (κ2) is 10.6. The van der Waals surface area contributed by atoms with Gasteiger partial charge in [0.05, 0.1) is 23.7 Å². The van der Waals surface area contributed by atoms with Crippen LogP contribution in [-0.2, 0) is 4.79 Å². The Labute approximate surface area is 197 Å². The van der Waals surface area contributed by atoms with Gasteiger partial charge in [-0.15, -0.1) is 0 Å². The molecule has 1 aliphatic heterocycles. The van der Waals surface area contributed by atoms with Crippen molar-refractivity contribution in [2.24, 2.45) is 0 Å². The van der Waals surface area contributed by atoms with E-state index in [9.17, 15) is 14.7 Å². The first kappa shape index (κ1) is 23.0. The van der Waals surface area contributed by atoms with Gasteiger partial charge in [0.25, 0.3) is 5.56 Å². The topological polar surface area (TPSA) is 78.7 Å². The molecule has 1 fully saturated rings. The molecule has 7 nitrogen and oxygen atoms in total. The van der Waals surface area contributed by atoms with Crippen LogP contribution in [0.4, 0.5) is 5.69 Å². The molecule has 1 aromatic heterocycles. The van der Waals surface area contributed by atoms with Gasteiger partial charge in [0, 0.05) is 32.6 Å². The lowest BCUT2D eigenvalue weighted by Crippen LogP contribution is -2.49. The van der Waals surface area contributed by atoms with E-state index in [0.717, 1.165) is 5.56 Å². The zero-order chi connectivity index (χ0) is 23.2. The highest BCUT2D eigenvalue weighted by atomic mass is 35.5. The molecule has 0 spiro atoms. The molecule has 0 bridgehead atoms. The first-order chi connectivity index (χ1) is 16.0. The van der Waals surface area contributed by atoms with Crippen molar-refractivity contribution in [2.45, 2.75) is 25.4 Å². The predicted octanol–water partition coefficient (Wildman–Crippen LogP) is 3.44. The maximum atomic E-state index is 12.7. The Kier molecular flexibility index (Phi) is 7.42. The van der Waals surface area contributed by atoms with Crippen molar-refractivity contribution >= 4 is 23.2 Å². The highest BCUT2D eigenvalue weighted by Gasteiger charge is 2.24. The lowest BCUT2D eigenvalue weighted by atomic mass is 10.0. The number of aliphatic hydroxyl groups excluding tert-OH is 1. The number of hydrogen-bond acceptors (Lipinski definition) is 5. The summed E-state index contributed by atoms with van der Waals surface area (Å²) in [5.41, 5.74) is 1.75. The van der Waals surface area contributed by atoms with Crippen molar-refractivity contribution in [2.75, 3.05) is 31.1 Å². The van der Waals surface area contributed by atoms with Gasteiger partial charge in [-0.05, 0) is 30.5 Å². The minimum Gasteiger partial charge on any atom is -0.388 e. The van der Waals surface area contributed by atoms with Crippen LogP contribution in [0.2, 0.25) is 5.02 Å². The van der Waals surface area contributed by atoms with Crippen LogP contribution >= 0.6 is 11.6 Å². The second-order valence-corrected chi connectivity index (χ2v) is 8.46. The molecule has 0 radical (unpaired) electrons. The van der Waals surface area contributed by atoms with E-state index in [-0.39, 0.29) is 16.5 Å². The smallest absolute Gasteiger partial charge is 0.292 e. The van der Waals surface area contributed by atoms with Crippen LogP contribution in [-0.4, -0.2) is 51.9 Å². The summed E-state index contributed by atoms with van der Waals surface area (Å²) in [6.45, 7) is 2.26. The number of nitrogens with zero attached hydrogens (tertiary/aromatic N) is 4. The molecule has 1 amide bonds. The van der Waals surface area contributed by atoms with Crippen LogP contribution in [0.15, 0.2) is 71.7 Å². The Morgan fingerprint density at radius 1 is 1.00 bits per heavy atom. The zero-order valence-corrected chi connectivity index (χ0v) is 19.1. The van der Waals surface area contributed by atoms with Gasteiger partial charge in [-0.25, -0.2) is 0 Å². The Morgan fingerprint density at radius 3 is 2.30 bits per heavy atom. The molecule has 1 N–H and O–H groups in total. The quantitative estimate of drug-likeness (QED) is 0.577. The summed E-state index contributed by atoms with van der Waals surface area (Å²) < 4.78 is 1.29. The number of aliphatic hydroxyl groups is 1. The maximum absolute atomic E-state index is 12.7. The van der Waals surface area contributed by atoms with Crippen LogP contribution in [0.3, 0.4) is 0 Å². The summed E-state index contributed by atoms with van der Waals surface area (Å²) in [6.07, 6.45) is 2.64. The van der Waals surface area contributed by atoms with E-state index in [2.05, 4.69) is 5.10 Å². The lowest BCUT2D eigenvalue weighted by molar-refractivity contribution is -0.131. The highest BCUT2D eigenvalue weighted by Crippen LogP contribution is 2.24. The van der Waals surface area contributed by atoms with Crippen LogP contribution in [0, 0.1) is 0 Å². The maximum Gasteiger partial charge on any atom is 0.292 e. The van der Waals surface area contributed by atoms with Crippen molar-refractivity contribution in [3.63, 3.8) is 0 Å². The third-order valence-electron chi connectivity index (χ3n) is 5.93. The van der Waals surface area contributed by atoms with Crippen LogP contribution in [0.1, 0.15) is 30.9 Å². The second-order valence-electron chi connectivity index (χ2n) is 8.08. The molecule has 3 aromatic rings. The van der Waals surface area contributed by atoms with Crippen LogP contribution in [0.5, 0.6) is 0 Å². The number of carbonyl (C=O) groups excluding carboxylic acids is 1. The molecule has 33 heavy (non-hydrogen) atoms. The molecular formula is C25H27ClN4O3. The van der Waals surface area contributed by atoms with E-state index < -0.39 is 6.10 Å². The Hall–Kier alpha value is -3.16.